The standard InChI is InChI=1S/C12H9Cl2N3O3S/c13-7-2-1-6(3-8(7)14)17-11(20)4-10(19)16-12(17)21-5-9(15)18/h1-4,19H,5H2,(H2,15,18). The molecule has 0 fully saturated rings. The fourth-order valence-corrected chi connectivity index (χ4v) is 2.59. The zero-order valence-electron chi connectivity index (χ0n) is 10.4. The van der Waals surface area contributed by atoms with E-state index >= 15 is 0 Å². The maximum Gasteiger partial charge on any atom is 0.262 e. The van der Waals surface area contributed by atoms with Crippen LogP contribution >= 0.6 is 35.0 Å². The molecule has 1 amide bonds. The van der Waals surface area contributed by atoms with Gasteiger partial charge in [0.15, 0.2) is 5.16 Å². The van der Waals surface area contributed by atoms with Crippen LogP contribution in [0.2, 0.25) is 10.0 Å². The first-order valence-corrected chi connectivity index (χ1v) is 7.32. The Kier molecular flexibility index (Phi) is 4.76. The van der Waals surface area contributed by atoms with Crippen LogP contribution in [-0.2, 0) is 4.79 Å². The van der Waals surface area contributed by atoms with Crippen molar-refractivity contribution in [3.8, 4) is 11.6 Å². The summed E-state index contributed by atoms with van der Waals surface area (Å²) >= 11 is 12.7. The maximum absolute atomic E-state index is 12.1. The number of carbonyl (C=O) groups excluding carboxylic acids is 1. The van der Waals surface area contributed by atoms with Gasteiger partial charge in [-0.2, -0.15) is 4.98 Å². The van der Waals surface area contributed by atoms with Crippen LogP contribution in [0, 0.1) is 0 Å². The molecule has 0 unspecified atom stereocenters. The Morgan fingerprint density at radius 2 is 2.05 bits per heavy atom. The molecule has 0 bridgehead atoms. The quantitative estimate of drug-likeness (QED) is 0.650. The van der Waals surface area contributed by atoms with Gasteiger partial charge in [-0.25, -0.2) is 0 Å². The lowest BCUT2D eigenvalue weighted by molar-refractivity contribution is -0.115. The lowest BCUT2D eigenvalue weighted by Crippen LogP contribution is -2.21. The molecule has 110 valence electrons. The number of benzene rings is 1. The molecule has 0 spiro atoms. The molecule has 1 aromatic heterocycles. The van der Waals surface area contributed by atoms with Crippen molar-refractivity contribution in [2.75, 3.05) is 5.75 Å². The summed E-state index contributed by atoms with van der Waals surface area (Å²) in [5.41, 5.74) is 4.96. The first-order chi connectivity index (χ1) is 9.88. The van der Waals surface area contributed by atoms with Gasteiger partial charge in [0.1, 0.15) is 0 Å². The van der Waals surface area contributed by atoms with Crippen LogP contribution in [0.25, 0.3) is 5.69 Å². The topological polar surface area (TPSA) is 98.2 Å². The minimum Gasteiger partial charge on any atom is -0.493 e. The Bertz CT molecular complexity index is 764. The van der Waals surface area contributed by atoms with Gasteiger partial charge in [-0.05, 0) is 18.2 Å². The van der Waals surface area contributed by atoms with E-state index in [1.54, 1.807) is 6.07 Å². The van der Waals surface area contributed by atoms with Gasteiger partial charge >= 0.3 is 0 Å². The highest BCUT2D eigenvalue weighted by Gasteiger charge is 2.13. The van der Waals surface area contributed by atoms with Crippen LogP contribution in [-0.4, -0.2) is 26.3 Å². The van der Waals surface area contributed by atoms with E-state index in [1.807, 2.05) is 0 Å². The molecule has 9 heteroatoms. The number of primary amides is 1. The molecule has 0 saturated carbocycles. The number of carbonyl (C=O) groups is 1. The highest BCUT2D eigenvalue weighted by molar-refractivity contribution is 7.99. The molecule has 0 radical (unpaired) electrons. The average Bonchev–Trinajstić information content (AvgIpc) is 2.39. The van der Waals surface area contributed by atoms with E-state index in [4.69, 9.17) is 28.9 Å². The zero-order chi connectivity index (χ0) is 15.6. The van der Waals surface area contributed by atoms with Crippen LogP contribution in [0.15, 0.2) is 34.2 Å². The van der Waals surface area contributed by atoms with E-state index < -0.39 is 17.3 Å². The van der Waals surface area contributed by atoms with Gasteiger partial charge in [0.25, 0.3) is 5.56 Å². The van der Waals surface area contributed by atoms with Crippen molar-refractivity contribution < 1.29 is 9.90 Å². The maximum atomic E-state index is 12.1. The number of hydrogen-bond acceptors (Lipinski definition) is 5. The fraction of sp³-hybridized carbons (Fsp3) is 0.0833. The fourth-order valence-electron chi connectivity index (χ4n) is 1.54. The van der Waals surface area contributed by atoms with Crippen molar-refractivity contribution >= 4 is 40.9 Å². The molecular formula is C12H9Cl2N3O3S. The third kappa shape index (κ3) is 3.69. The minimum atomic E-state index is -0.571. The number of halogens is 2. The molecule has 21 heavy (non-hydrogen) atoms. The molecule has 1 aromatic carbocycles. The summed E-state index contributed by atoms with van der Waals surface area (Å²) < 4.78 is 1.20. The molecule has 3 N–H and O–H groups in total. The summed E-state index contributed by atoms with van der Waals surface area (Å²) in [6, 6.07) is 5.54. The SMILES string of the molecule is NC(=O)CSc1nc(O)cc(=O)n1-c1ccc(Cl)c(Cl)c1. The highest BCUT2D eigenvalue weighted by atomic mass is 35.5. The Balaban J connectivity index is 2.57. The van der Waals surface area contributed by atoms with Crippen molar-refractivity contribution in [2.45, 2.75) is 5.16 Å². The summed E-state index contributed by atoms with van der Waals surface area (Å²) in [4.78, 5) is 26.8. The molecule has 6 nitrogen and oxygen atoms in total. The summed E-state index contributed by atoms with van der Waals surface area (Å²) in [5.74, 6) is -1.10. The number of thioether (sulfide) groups is 1. The van der Waals surface area contributed by atoms with Crippen LogP contribution in [0.4, 0.5) is 0 Å². The van der Waals surface area contributed by atoms with Gasteiger partial charge in [0, 0.05) is 0 Å². The normalized spacial score (nSPS) is 10.6. The van der Waals surface area contributed by atoms with Crippen molar-refractivity contribution in [3.63, 3.8) is 0 Å². The molecule has 0 atom stereocenters. The summed E-state index contributed by atoms with van der Waals surface area (Å²) in [6.07, 6.45) is 0. The van der Waals surface area contributed by atoms with Gasteiger partial charge in [-0.1, -0.05) is 35.0 Å². The van der Waals surface area contributed by atoms with E-state index in [1.165, 1.54) is 16.7 Å². The lowest BCUT2D eigenvalue weighted by atomic mass is 10.3. The molecule has 2 rings (SSSR count). The predicted octanol–water partition coefficient (Wildman–Crippen LogP) is 1.82. The second kappa shape index (κ2) is 6.38. The van der Waals surface area contributed by atoms with Gasteiger partial charge in [0.2, 0.25) is 11.8 Å². The van der Waals surface area contributed by atoms with Crippen molar-refractivity contribution in [1.29, 1.82) is 0 Å². The predicted molar refractivity (Wildman–Crippen MR) is 81.4 cm³/mol. The Morgan fingerprint density at radius 3 is 2.67 bits per heavy atom. The Morgan fingerprint density at radius 1 is 1.33 bits per heavy atom. The molecule has 0 aliphatic carbocycles. The van der Waals surface area contributed by atoms with Crippen LogP contribution < -0.4 is 11.3 Å². The lowest BCUT2D eigenvalue weighted by Gasteiger charge is -2.11. The number of rotatable bonds is 4. The monoisotopic (exact) mass is 345 g/mol. The van der Waals surface area contributed by atoms with Gasteiger partial charge in [0.05, 0.1) is 27.6 Å². The van der Waals surface area contributed by atoms with Crippen LogP contribution in [0.1, 0.15) is 0 Å². The molecule has 0 saturated heterocycles. The summed E-state index contributed by atoms with van der Waals surface area (Å²) in [6.45, 7) is 0. The zero-order valence-corrected chi connectivity index (χ0v) is 12.7. The number of nitrogens with zero attached hydrogens (tertiary/aromatic N) is 2. The number of aromatic hydroxyl groups is 1. The smallest absolute Gasteiger partial charge is 0.262 e. The molecule has 0 aliphatic heterocycles. The van der Waals surface area contributed by atoms with E-state index in [0.717, 1.165) is 17.8 Å². The van der Waals surface area contributed by atoms with E-state index in [2.05, 4.69) is 4.98 Å². The number of aromatic nitrogens is 2. The van der Waals surface area contributed by atoms with Gasteiger partial charge in [-0.3, -0.25) is 14.2 Å². The van der Waals surface area contributed by atoms with Crippen molar-refractivity contribution in [3.05, 3.63) is 44.7 Å². The first-order valence-electron chi connectivity index (χ1n) is 5.58. The average molecular weight is 346 g/mol. The number of amides is 1. The highest BCUT2D eigenvalue weighted by Crippen LogP contribution is 2.26. The third-order valence-corrected chi connectivity index (χ3v) is 4.08. The number of nitrogens with two attached hydrogens (primary N) is 1. The molecular weight excluding hydrogens is 337 g/mol. The largest absolute Gasteiger partial charge is 0.493 e. The first kappa shape index (κ1) is 15.7. The van der Waals surface area contributed by atoms with Gasteiger partial charge < -0.3 is 10.8 Å². The molecule has 1 heterocycles. The van der Waals surface area contributed by atoms with Crippen LogP contribution in [0.3, 0.4) is 0 Å². The minimum absolute atomic E-state index is 0.0861. The van der Waals surface area contributed by atoms with E-state index in [0.29, 0.717) is 10.7 Å². The van der Waals surface area contributed by atoms with Crippen molar-refractivity contribution in [2.24, 2.45) is 5.73 Å². The van der Waals surface area contributed by atoms with Gasteiger partial charge in [-0.15, -0.1) is 0 Å². The van der Waals surface area contributed by atoms with E-state index in [-0.39, 0.29) is 15.9 Å². The summed E-state index contributed by atoms with van der Waals surface area (Å²) in [5, 5.41) is 10.2. The third-order valence-electron chi connectivity index (χ3n) is 2.38. The molecule has 2 aromatic rings. The van der Waals surface area contributed by atoms with Crippen molar-refractivity contribution in [1.82, 2.24) is 9.55 Å². The molecule has 0 aliphatic rings. The summed E-state index contributed by atoms with van der Waals surface area (Å²) in [7, 11) is 0. The Labute approximate surface area is 133 Å². The number of hydrogen-bond donors (Lipinski definition) is 2. The van der Waals surface area contributed by atoms with E-state index in [9.17, 15) is 14.7 Å². The second-order valence-electron chi connectivity index (χ2n) is 3.92. The second-order valence-corrected chi connectivity index (χ2v) is 5.68. The Hall–Kier alpha value is -1.70. The van der Waals surface area contributed by atoms with Crippen LogP contribution in [0.5, 0.6) is 5.88 Å².